The van der Waals surface area contributed by atoms with Crippen LogP contribution in [0.25, 0.3) is 0 Å². The number of carbonyl (C=O) groups is 4. The van der Waals surface area contributed by atoms with Gasteiger partial charge in [0.2, 0.25) is 17.2 Å². The van der Waals surface area contributed by atoms with Crippen LogP contribution in [0, 0.1) is 5.92 Å². The maximum absolute atomic E-state index is 13.3. The smallest absolute Gasteiger partial charge is 0.305 e. The van der Waals surface area contributed by atoms with Gasteiger partial charge >= 0.3 is 11.9 Å². The molecule has 0 radical (unpaired) electrons. The average Bonchev–Trinajstić information content (AvgIpc) is 2.79. The molecule has 0 amide bonds. The summed E-state index contributed by atoms with van der Waals surface area (Å²) in [5, 5.41) is -0.165. The fraction of sp³-hybridized carbons (Fsp3) is 0.462. The van der Waals surface area contributed by atoms with Crippen molar-refractivity contribution in [3.63, 3.8) is 0 Å². The van der Waals surface area contributed by atoms with Crippen LogP contribution >= 0.6 is 11.6 Å². The monoisotopic (exact) mass is 489 g/mol. The number of carbonyl (C=O) groups excluding carboxylic acids is 4. The van der Waals surface area contributed by atoms with Crippen molar-refractivity contribution in [3.8, 4) is 0 Å². The molecular weight excluding hydrogens is 458 g/mol. The zero-order chi connectivity index (χ0) is 25.6. The average molecular weight is 490 g/mol. The lowest BCUT2D eigenvalue weighted by Gasteiger charge is -2.35. The number of ketones is 2. The summed E-state index contributed by atoms with van der Waals surface area (Å²) in [5.41, 5.74) is 0.213. The van der Waals surface area contributed by atoms with Gasteiger partial charge in [0.05, 0.1) is 12.1 Å². The molecule has 0 aromatic carbocycles. The second kappa shape index (κ2) is 11.5. The van der Waals surface area contributed by atoms with E-state index in [9.17, 15) is 19.2 Å². The Hall–Kier alpha value is -2.93. The van der Waals surface area contributed by atoms with Gasteiger partial charge in [-0.25, -0.2) is 0 Å². The van der Waals surface area contributed by atoms with Crippen molar-refractivity contribution in [1.82, 2.24) is 4.90 Å². The minimum Gasteiger partial charge on any atom is -0.469 e. The maximum Gasteiger partial charge on any atom is 0.305 e. The van der Waals surface area contributed by atoms with Gasteiger partial charge in [-0.1, -0.05) is 49.6 Å². The molecule has 1 aliphatic carbocycles. The maximum atomic E-state index is 13.3. The molecule has 2 rings (SSSR count). The van der Waals surface area contributed by atoms with Gasteiger partial charge in [-0.05, 0) is 38.3 Å². The third-order valence-electron chi connectivity index (χ3n) is 5.81. The second-order valence-corrected chi connectivity index (χ2v) is 9.01. The Balaban J connectivity index is 2.50. The van der Waals surface area contributed by atoms with Crippen molar-refractivity contribution in [3.05, 3.63) is 58.0 Å². The fourth-order valence-corrected chi connectivity index (χ4v) is 4.05. The van der Waals surface area contributed by atoms with Crippen LogP contribution in [-0.4, -0.2) is 47.7 Å². The highest BCUT2D eigenvalue weighted by Crippen LogP contribution is 2.39. The number of fused-ring (bicyclic) bond motifs is 1. The normalized spacial score (nSPS) is 21.9. The highest BCUT2D eigenvalue weighted by Gasteiger charge is 2.52. The first-order valence-electron chi connectivity index (χ1n) is 11.3. The molecule has 2 atom stereocenters. The summed E-state index contributed by atoms with van der Waals surface area (Å²) in [7, 11) is 1.33. The standard InChI is InChI=1S/C26H32ClNO6/c1-7-16(2)13-17(3)10-11-19-14-20-21(15-28(19)12-8-9-22(30)33-6)24(31)26(5,34-18(4)29)25(32)23(20)27/h10-11,13-16H,7-9,12H2,1-6H3. The van der Waals surface area contributed by atoms with Gasteiger partial charge in [-0.3, -0.25) is 19.2 Å². The molecule has 0 spiro atoms. The van der Waals surface area contributed by atoms with E-state index in [0.29, 0.717) is 24.6 Å². The van der Waals surface area contributed by atoms with E-state index < -0.39 is 23.1 Å². The van der Waals surface area contributed by atoms with Gasteiger partial charge in [-0.15, -0.1) is 0 Å². The molecule has 2 unspecified atom stereocenters. The predicted molar refractivity (Wildman–Crippen MR) is 130 cm³/mol. The number of rotatable bonds is 9. The molecule has 1 heterocycles. The van der Waals surface area contributed by atoms with Crippen molar-refractivity contribution in [2.45, 2.75) is 59.5 Å². The number of allylic oxidation sites excluding steroid dienone is 6. The lowest BCUT2D eigenvalue weighted by molar-refractivity contribution is -0.167. The summed E-state index contributed by atoms with van der Waals surface area (Å²) in [4.78, 5) is 51.1. The van der Waals surface area contributed by atoms with Crippen molar-refractivity contribution in [2.75, 3.05) is 13.7 Å². The topological polar surface area (TPSA) is 90.0 Å². The van der Waals surface area contributed by atoms with Gasteiger partial charge in [-0.2, -0.15) is 0 Å². The number of esters is 2. The zero-order valence-corrected chi connectivity index (χ0v) is 21.3. The van der Waals surface area contributed by atoms with Crippen molar-refractivity contribution in [1.29, 1.82) is 0 Å². The molecule has 0 aromatic heterocycles. The highest BCUT2D eigenvalue weighted by atomic mass is 35.5. The van der Waals surface area contributed by atoms with Crippen LogP contribution in [0.1, 0.15) is 53.9 Å². The lowest BCUT2D eigenvalue weighted by Crippen LogP contribution is -2.52. The lowest BCUT2D eigenvalue weighted by atomic mass is 9.79. The largest absolute Gasteiger partial charge is 0.469 e. The highest BCUT2D eigenvalue weighted by molar-refractivity contribution is 6.49. The first-order valence-corrected chi connectivity index (χ1v) is 11.6. The van der Waals surface area contributed by atoms with Crippen molar-refractivity contribution < 1.29 is 28.7 Å². The summed E-state index contributed by atoms with van der Waals surface area (Å²) in [6, 6.07) is 0. The van der Waals surface area contributed by atoms with Gasteiger partial charge < -0.3 is 14.4 Å². The molecule has 0 fully saturated rings. The quantitative estimate of drug-likeness (QED) is 0.267. The van der Waals surface area contributed by atoms with E-state index in [1.807, 2.05) is 24.0 Å². The number of ether oxygens (including phenoxy) is 2. The molecule has 0 saturated heterocycles. The molecular formula is C26H32ClNO6. The van der Waals surface area contributed by atoms with Crippen LogP contribution in [-0.2, 0) is 28.7 Å². The Morgan fingerprint density at radius 3 is 2.50 bits per heavy atom. The van der Waals surface area contributed by atoms with E-state index in [-0.39, 0.29) is 28.6 Å². The van der Waals surface area contributed by atoms with Crippen molar-refractivity contribution in [2.24, 2.45) is 5.92 Å². The molecule has 8 heteroatoms. The van der Waals surface area contributed by atoms with Crippen LogP contribution in [0.5, 0.6) is 0 Å². The Morgan fingerprint density at radius 2 is 1.91 bits per heavy atom. The first-order chi connectivity index (χ1) is 15.9. The van der Waals surface area contributed by atoms with Gasteiger partial charge in [0, 0.05) is 42.9 Å². The third-order valence-corrected chi connectivity index (χ3v) is 6.19. The number of hydrogen-bond donors (Lipinski definition) is 0. The second-order valence-electron chi connectivity index (χ2n) is 8.63. The SMILES string of the molecule is CCC(C)C=C(C)C=CC1=CC2=C(Cl)C(=O)C(C)(OC(C)=O)C(=O)C2=CN1CCCC(=O)OC. The number of Topliss-reactive ketones (excluding diaryl/α,β-unsaturated/α-hetero) is 2. The number of nitrogens with zero attached hydrogens (tertiary/aromatic N) is 1. The van der Waals surface area contributed by atoms with Gasteiger partial charge in [0.1, 0.15) is 0 Å². The van der Waals surface area contributed by atoms with Gasteiger partial charge in [0.15, 0.2) is 0 Å². The Kier molecular flexibility index (Phi) is 9.21. The van der Waals surface area contributed by atoms with Crippen LogP contribution in [0.15, 0.2) is 58.0 Å². The molecule has 0 saturated carbocycles. The summed E-state index contributed by atoms with van der Waals surface area (Å²) in [5.74, 6) is -2.06. The van der Waals surface area contributed by atoms with Crippen LogP contribution in [0.4, 0.5) is 0 Å². The van der Waals surface area contributed by atoms with Crippen LogP contribution < -0.4 is 0 Å². The minimum atomic E-state index is -2.02. The van der Waals surface area contributed by atoms with E-state index in [4.69, 9.17) is 21.1 Å². The summed E-state index contributed by atoms with van der Waals surface area (Å²) < 4.78 is 9.83. The molecule has 7 nitrogen and oxygen atoms in total. The van der Waals surface area contributed by atoms with Crippen molar-refractivity contribution >= 4 is 35.1 Å². The molecule has 2 aliphatic rings. The fourth-order valence-electron chi connectivity index (χ4n) is 3.72. The number of methoxy groups -OCH3 is 1. The molecule has 1 aliphatic heterocycles. The minimum absolute atomic E-state index is 0.165. The van der Waals surface area contributed by atoms with Crippen LogP contribution in [0.2, 0.25) is 0 Å². The summed E-state index contributed by atoms with van der Waals surface area (Å²) >= 11 is 6.39. The number of halogens is 1. The van der Waals surface area contributed by atoms with Crippen LogP contribution in [0.3, 0.4) is 0 Å². The Morgan fingerprint density at radius 1 is 1.24 bits per heavy atom. The zero-order valence-electron chi connectivity index (χ0n) is 20.6. The van der Waals surface area contributed by atoms with Gasteiger partial charge in [0.25, 0.3) is 0 Å². The third kappa shape index (κ3) is 6.14. The van der Waals surface area contributed by atoms with E-state index >= 15 is 0 Å². The summed E-state index contributed by atoms with van der Waals surface area (Å²) in [6.45, 7) is 9.05. The predicted octanol–water partition coefficient (Wildman–Crippen LogP) is 4.54. The van der Waals surface area contributed by atoms with E-state index in [1.54, 1.807) is 12.3 Å². The molecule has 0 N–H and O–H groups in total. The summed E-state index contributed by atoms with van der Waals surface area (Å²) in [6.07, 6.45) is 11.0. The van der Waals surface area contributed by atoms with E-state index in [2.05, 4.69) is 19.9 Å². The molecule has 184 valence electrons. The Bertz CT molecular complexity index is 1030. The molecule has 0 aromatic rings. The van der Waals surface area contributed by atoms with E-state index in [1.165, 1.54) is 14.0 Å². The number of hydrogen-bond acceptors (Lipinski definition) is 7. The Labute approximate surface area is 205 Å². The molecule has 0 bridgehead atoms. The molecule has 34 heavy (non-hydrogen) atoms. The first kappa shape index (κ1) is 27.3. The van der Waals surface area contributed by atoms with E-state index in [0.717, 1.165) is 18.9 Å².